The highest BCUT2D eigenvalue weighted by atomic mass is 16.5. The topological polar surface area (TPSA) is 21.3 Å². The molecule has 0 saturated carbocycles. The summed E-state index contributed by atoms with van der Waals surface area (Å²) in [5, 5.41) is 3.51. The Hall–Kier alpha value is -0.0800. The molecule has 0 aromatic carbocycles. The maximum absolute atomic E-state index is 5.69. The molecule has 2 heteroatoms. The van der Waals surface area contributed by atoms with Crippen molar-refractivity contribution in [3.05, 3.63) is 0 Å². The predicted octanol–water partition coefficient (Wildman–Crippen LogP) is 3.12. The summed E-state index contributed by atoms with van der Waals surface area (Å²) in [7, 11) is 0. The normalized spacial score (nSPS) is 21.8. The summed E-state index contributed by atoms with van der Waals surface area (Å²) in [5.41, 5.74) is 0. The zero-order chi connectivity index (χ0) is 10.8. The quantitative estimate of drug-likeness (QED) is 0.626. The van der Waals surface area contributed by atoms with E-state index in [1.807, 2.05) is 0 Å². The van der Waals surface area contributed by atoms with Crippen LogP contribution >= 0.6 is 0 Å². The third kappa shape index (κ3) is 6.91. The van der Waals surface area contributed by atoms with Crippen molar-refractivity contribution in [1.29, 1.82) is 0 Å². The van der Waals surface area contributed by atoms with Gasteiger partial charge in [0.15, 0.2) is 0 Å². The van der Waals surface area contributed by atoms with Crippen molar-refractivity contribution in [2.24, 2.45) is 0 Å². The van der Waals surface area contributed by atoms with Crippen LogP contribution in [0.15, 0.2) is 0 Å². The molecule has 0 amide bonds. The molecule has 0 radical (unpaired) electrons. The second-order valence-corrected chi connectivity index (χ2v) is 4.64. The Labute approximate surface area is 94.8 Å². The zero-order valence-corrected chi connectivity index (χ0v) is 10.3. The highest BCUT2D eigenvalue weighted by Crippen LogP contribution is 2.07. The average molecular weight is 213 g/mol. The number of piperidine rings is 1. The second kappa shape index (κ2) is 9.17. The van der Waals surface area contributed by atoms with E-state index in [0.29, 0.717) is 6.04 Å². The standard InChI is InChI=1S/C13H27NO/c1-2-3-4-5-8-11-15-12-13-9-6-7-10-14-13/h13-14H,2-12H2,1H3. The van der Waals surface area contributed by atoms with E-state index in [1.165, 1.54) is 57.9 Å². The fourth-order valence-corrected chi connectivity index (χ4v) is 2.10. The molecular weight excluding hydrogens is 186 g/mol. The van der Waals surface area contributed by atoms with E-state index in [9.17, 15) is 0 Å². The van der Waals surface area contributed by atoms with Crippen molar-refractivity contribution >= 4 is 0 Å². The molecule has 1 fully saturated rings. The first-order valence-corrected chi connectivity index (χ1v) is 6.74. The van der Waals surface area contributed by atoms with Gasteiger partial charge in [0, 0.05) is 12.6 Å². The van der Waals surface area contributed by atoms with E-state index in [2.05, 4.69) is 12.2 Å². The second-order valence-electron chi connectivity index (χ2n) is 4.64. The summed E-state index contributed by atoms with van der Waals surface area (Å²) in [4.78, 5) is 0. The van der Waals surface area contributed by atoms with Gasteiger partial charge in [0.25, 0.3) is 0 Å². The number of rotatable bonds is 8. The molecule has 1 N–H and O–H groups in total. The van der Waals surface area contributed by atoms with E-state index < -0.39 is 0 Å². The highest BCUT2D eigenvalue weighted by molar-refractivity contribution is 4.71. The molecule has 0 aromatic heterocycles. The maximum atomic E-state index is 5.69. The molecule has 1 aliphatic rings. The van der Waals surface area contributed by atoms with Gasteiger partial charge < -0.3 is 10.1 Å². The van der Waals surface area contributed by atoms with Gasteiger partial charge in [-0.15, -0.1) is 0 Å². The molecule has 1 aliphatic heterocycles. The van der Waals surface area contributed by atoms with E-state index in [0.717, 1.165) is 13.2 Å². The van der Waals surface area contributed by atoms with Crippen molar-refractivity contribution in [2.45, 2.75) is 64.3 Å². The van der Waals surface area contributed by atoms with E-state index in [4.69, 9.17) is 4.74 Å². The van der Waals surface area contributed by atoms with Gasteiger partial charge in [-0.1, -0.05) is 39.0 Å². The Kier molecular flexibility index (Phi) is 7.94. The summed E-state index contributed by atoms with van der Waals surface area (Å²) >= 11 is 0. The Balaban J connectivity index is 1.79. The van der Waals surface area contributed by atoms with Crippen LogP contribution in [0.3, 0.4) is 0 Å². The Morgan fingerprint density at radius 1 is 1.13 bits per heavy atom. The van der Waals surface area contributed by atoms with Gasteiger partial charge in [-0.05, 0) is 25.8 Å². The van der Waals surface area contributed by atoms with Gasteiger partial charge in [-0.2, -0.15) is 0 Å². The minimum absolute atomic E-state index is 0.634. The molecule has 0 aliphatic carbocycles. The average Bonchev–Trinajstić information content (AvgIpc) is 2.29. The minimum atomic E-state index is 0.634. The van der Waals surface area contributed by atoms with E-state index in [-0.39, 0.29) is 0 Å². The number of hydrogen-bond acceptors (Lipinski definition) is 2. The number of nitrogens with one attached hydrogen (secondary N) is 1. The fourth-order valence-electron chi connectivity index (χ4n) is 2.10. The van der Waals surface area contributed by atoms with E-state index in [1.54, 1.807) is 0 Å². The van der Waals surface area contributed by atoms with Gasteiger partial charge in [0.05, 0.1) is 6.61 Å². The lowest BCUT2D eigenvalue weighted by Gasteiger charge is -2.23. The number of unbranched alkanes of at least 4 members (excludes halogenated alkanes) is 4. The summed E-state index contributed by atoms with van der Waals surface area (Å²) < 4.78 is 5.69. The molecule has 1 rings (SSSR count). The lowest BCUT2D eigenvalue weighted by atomic mass is 10.1. The van der Waals surface area contributed by atoms with Crippen molar-refractivity contribution in [1.82, 2.24) is 5.32 Å². The molecular formula is C13H27NO. The molecule has 1 saturated heterocycles. The first kappa shape index (κ1) is 13.0. The predicted molar refractivity (Wildman–Crippen MR) is 65.2 cm³/mol. The Morgan fingerprint density at radius 2 is 2.00 bits per heavy atom. The molecule has 1 unspecified atom stereocenters. The van der Waals surface area contributed by atoms with Crippen LogP contribution in [0.5, 0.6) is 0 Å². The molecule has 15 heavy (non-hydrogen) atoms. The van der Waals surface area contributed by atoms with Crippen molar-refractivity contribution in [3.63, 3.8) is 0 Å². The van der Waals surface area contributed by atoms with Crippen molar-refractivity contribution < 1.29 is 4.74 Å². The molecule has 0 aromatic rings. The summed E-state index contributed by atoms with van der Waals surface area (Å²) in [6, 6.07) is 0.634. The maximum Gasteiger partial charge on any atom is 0.0619 e. The van der Waals surface area contributed by atoms with Crippen LogP contribution in [0.4, 0.5) is 0 Å². The third-order valence-corrected chi connectivity index (χ3v) is 3.12. The van der Waals surface area contributed by atoms with Crippen LogP contribution in [0.1, 0.15) is 58.3 Å². The summed E-state index contributed by atoms with van der Waals surface area (Å²) in [6.45, 7) is 5.32. The molecule has 1 atom stereocenters. The van der Waals surface area contributed by atoms with Crippen LogP contribution in [-0.2, 0) is 4.74 Å². The van der Waals surface area contributed by atoms with Crippen molar-refractivity contribution in [2.75, 3.05) is 19.8 Å². The molecule has 0 spiro atoms. The smallest absolute Gasteiger partial charge is 0.0619 e. The number of hydrogen-bond donors (Lipinski definition) is 1. The van der Waals surface area contributed by atoms with Crippen LogP contribution in [0.2, 0.25) is 0 Å². The molecule has 90 valence electrons. The lowest BCUT2D eigenvalue weighted by Crippen LogP contribution is -2.37. The monoisotopic (exact) mass is 213 g/mol. The van der Waals surface area contributed by atoms with Crippen molar-refractivity contribution in [3.8, 4) is 0 Å². The van der Waals surface area contributed by atoms with Gasteiger partial charge in [-0.3, -0.25) is 0 Å². The molecule has 1 heterocycles. The highest BCUT2D eigenvalue weighted by Gasteiger charge is 2.11. The lowest BCUT2D eigenvalue weighted by molar-refractivity contribution is 0.0998. The largest absolute Gasteiger partial charge is 0.380 e. The van der Waals surface area contributed by atoms with Crippen LogP contribution in [-0.4, -0.2) is 25.8 Å². The SMILES string of the molecule is CCCCCCCOCC1CCCCN1. The fraction of sp³-hybridized carbons (Fsp3) is 1.00. The van der Waals surface area contributed by atoms with Gasteiger partial charge >= 0.3 is 0 Å². The molecule has 0 bridgehead atoms. The first-order valence-electron chi connectivity index (χ1n) is 6.74. The Morgan fingerprint density at radius 3 is 2.73 bits per heavy atom. The first-order chi connectivity index (χ1) is 7.43. The summed E-state index contributed by atoms with van der Waals surface area (Å²) in [5.74, 6) is 0. The van der Waals surface area contributed by atoms with E-state index >= 15 is 0 Å². The summed E-state index contributed by atoms with van der Waals surface area (Å²) in [6.07, 6.45) is 10.7. The Bertz CT molecular complexity index is 132. The van der Waals surface area contributed by atoms with Crippen LogP contribution in [0, 0.1) is 0 Å². The number of ether oxygens (including phenoxy) is 1. The van der Waals surface area contributed by atoms with Crippen LogP contribution < -0.4 is 5.32 Å². The van der Waals surface area contributed by atoms with Gasteiger partial charge in [-0.25, -0.2) is 0 Å². The van der Waals surface area contributed by atoms with Gasteiger partial charge in [0.2, 0.25) is 0 Å². The third-order valence-electron chi connectivity index (χ3n) is 3.12. The minimum Gasteiger partial charge on any atom is -0.380 e. The zero-order valence-electron chi connectivity index (χ0n) is 10.3. The van der Waals surface area contributed by atoms with Gasteiger partial charge in [0.1, 0.15) is 0 Å². The molecule has 2 nitrogen and oxygen atoms in total. The van der Waals surface area contributed by atoms with Crippen LogP contribution in [0.25, 0.3) is 0 Å².